The average molecular weight is 482 g/mol. The number of ether oxygens (including phenoxy) is 1. The molecule has 2 aromatic carbocycles. The molecule has 34 heavy (non-hydrogen) atoms. The summed E-state index contributed by atoms with van der Waals surface area (Å²) < 4.78 is 5.32. The van der Waals surface area contributed by atoms with Crippen LogP contribution in [0.15, 0.2) is 42.5 Å². The number of halogens is 1. The van der Waals surface area contributed by atoms with Gasteiger partial charge in [0, 0.05) is 55.3 Å². The van der Waals surface area contributed by atoms with Crippen molar-refractivity contribution >= 4 is 45.7 Å². The van der Waals surface area contributed by atoms with Crippen molar-refractivity contribution in [2.75, 3.05) is 51.5 Å². The van der Waals surface area contributed by atoms with E-state index >= 15 is 0 Å². The average Bonchev–Trinajstić information content (AvgIpc) is 2.81. The fourth-order valence-electron chi connectivity index (χ4n) is 4.08. The standard InChI is InChI=1S/C25H28ClN5O3/c1-30(2)24(33)13-27-25-17-6-4-5-7-19(17)28-20-10-11-31(14-18(20)25)15-23(32)29-21-12-16(26)8-9-22(21)34-3/h4-9,12H,10-11,13-15H2,1-3H3,(H,27,28)(H,29,32). The van der Waals surface area contributed by atoms with Crippen molar-refractivity contribution in [3.63, 3.8) is 0 Å². The Morgan fingerprint density at radius 3 is 2.76 bits per heavy atom. The van der Waals surface area contributed by atoms with Crippen molar-refractivity contribution in [2.45, 2.75) is 13.0 Å². The molecular formula is C25H28ClN5O3. The number of fused-ring (bicyclic) bond motifs is 2. The van der Waals surface area contributed by atoms with Crippen LogP contribution in [0, 0.1) is 0 Å². The minimum Gasteiger partial charge on any atom is -0.495 e. The second-order valence-corrected chi connectivity index (χ2v) is 8.86. The molecule has 178 valence electrons. The van der Waals surface area contributed by atoms with Crippen LogP contribution >= 0.6 is 11.6 Å². The second kappa shape index (κ2) is 10.3. The summed E-state index contributed by atoms with van der Waals surface area (Å²) in [6.45, 7) is 1.64. The molecule has 8 nitrogen and oxygen atoms in total. The van der Waals surface area contributed by atoms with Crippen molar-refractivity contribution in [3.05, 3.63) is 58.7 Å². The number of methoxy groups -OCH3 is 1. The molecule has 1 aliphatic rings. The quantitative estimate of drug-likeness (QED) is 0.538. The first kappa shape index (κ1) is 23.8. The van der Waals surface area contributed by atoms with Crippen molar-refractivity contribution in [1.29, 1.82) is 0 Å². The molecule has 1 aromatic heterocycles. The van der Waals surface area contributed by atoms with Crippen LogP contribution in [0.2, 0.25) is 5.02 Å². The van der Waals surface area contributed by atoms with Crippen LogP contribution in [-0.2, 0) is 22.6 Å². The summed E-state index contributed by atoms with van der Waals surface area (Å²) in [6.07, 6.45) is 0.713. The Kier molecular flexibility index (Phi) is 7.19. The zero-order valence-corrected chi connectivity index (χ0v) is 20.3. The summed E-state index contributed by atoms with van der Waals surface area (Å²) in [6, 6.07) is 13.0. The van der Waals surface area contributed by atoms with Gasteiger partial charge in [-0.05, 0) is 24.3 Å². The molecule has 2 N–H and O–H groups in total. The van der Waals surface area contributed by atoms with Gasteiger partial charge in [-0.1, -0.05) is 29.8 Å². The molecular weight excluding hydrogens is 454 g/mol. The third-order valence-corrected chi connectivity index (χ3v) is 6.08. The molecule has 0 saturated heterocycles. The number of rotatable bonds is 7. The number of nitrogens with zero attached hydrogens (tertiary/aromatic N) is 3. The Bertz CT molecular complexity index is 1230. The molecule has 2 amide bonds. The van der Waals surface area contributed by atoms with Gasteiger partial charge in [-0.25, -0.2) is 0 Å². The van der Waals surface area contributed by atoms with Gasteiger partial charge in [0.2, 0.25) is 11.8 Å². The van der Waals surface area contributed by atoms with E-state index in [-0.39, 0.29) is 24.9 Å². The highest BCUT2D eigenvalue weighted by molar-refractivity contribution is 6.31. The number of para-hydroxylation sites is 1. The third kappa shape index (κ3) is 5.24. The van der Waals surface area contributed by atoms with Gasteiger partial charge >= 0.3 is 0 Å². The van der Waals surface area contributed by atoms with Gasteiger partial charge in [0.05, 0.1) is 37.1 Å². The first-order valence-electron chi connectivity index (χ1n) is 11.1. The van der Waals surface area contributed by atoms with Crippen LogP contribution < -0.4 is 15.4 Å². The van der Waals surface area contributed by atoms with E-state index < -0.39 is 0 Å². The molecule has 0 unspecified atom stereocenters. The number of pyridine rings is 1. The van der Waals surface area contributed by atoms with Crippen LogP contribution in [0.3, 0.4) is 0 Å². The predicted molar refractivity (Wildman–Crippen MR) is 135 cm³/mol. The topological polar surface area (TPSA) is 86.8 Å². The maximum absolute atomic E-state index is 12.8. The minimum atomic E-state index is -0.157. The molecule has 9 heteroatoms. The second-order valence-electron chi connectivity index (χ2n) is 8.42. The smallest absolute Gasteiger partial charge is 0.241 e. The Hall–Kier alpha value is -3.36. The largest absolute Gasteiger partial charge is 0.495 e. The fourth-order valence-corrected chi connectivity index (χ4v) is 4.25. The summed E-state index contributed by atoms with van der Waals surface area (Å²) in [7, 11) is 5.02. The van der Waals surface area contributed by atoms with Crippen LogP contribution in [-0.4, -0.2) is 67.4 Å². The molecule has 4 rings (SSSR count). The van der Waals surface area contributed by atoms with Gasteiger partial charge in [-0.3, -0.25) is 19.5 Å². The highest BCUT2D eigenvalue weighted by atomic mass is 35.5. The number of carbonyl (C=O) groups excluding carboxylic acids is 2. The molecule has 0 saturated carbocycles. The van der Waals surface area contributed by atoms with Gasteiger partial charge in [0.15, 0.2) is 0 Å². The first-order valence-corrected chi connectivity index (χ1v) is 11.4. The lowest BCUT2D eigenvalue weighted by Crippen LogP contribution is -2.38. The van der Waals surface area contributed by atoms with Gasteiger partial charge in [-0.15, -0.1) is 0 Å². The van der Waals surface area contributed by atoms with Crippen LogP contribution in [0.5, 0.6) is 5.75 Å². The molecule has 3 aromatic rings. The van der Waals surface area contributed by atoms with Gasteiger partial charge in [0.1, 0.15) is 5.75 Å². The number of hydrogen-bond acceptors (Lipinski definition) is 6. The number of hydrogen-bond donors (Lipinski definition) is 2. The molecule has 0 spiro atoms. The number of amides is 2. The summed E-state index contributed by atoms with van der Waals surface area (Å²) in [5.41, 5.74) is 4.34. The minimum absolute atomic E-state index is 0.0165. The summed E-state index contributed by atoms with van der Waals surface area (Å²) in [5.74, 6) is 0.377. The zero-order chi connectivity index (χ0) is 24.2. The molecule has 0 bridgehead atoms. The Labute approximate surface area is 203 Å². The Morgan fingerprint density at radius 1 is 1.21 bits per heavy atom. The number of aromatic nitrogens is 1. The monoisotopic (exact) mass is 481 g/mol. The summed E-state index contributed by atoms with van der Waals surface area (Å²) in [4.78, 5) is 33.6. The number of benzene rings is 2. The van der Waals surface area contributed by atoms with E-state index in [1.54, 1.807) is 44.3 Å². The van der Waals surface area contributed by atoms with E-state index in [4.69, 9.17) is 21.3 Å². The lowest BCUT2D eigenvalue weighted by Gasteiger charge is -2.30. The SMILES string of the molecule is COc1ccc(Cl)cc1NC(=O)CN1CCc2nc3ccccc3c(NCC(=O)N(C)C)c2C1. The molecule has 0 radical (unpaired) electrons. The highest BCUT2D eigenvalue weighted by Gasteiger charge is 2.24. The Balaban J connectivity index is 1.55. The van der Waals surface area contributed by atoms with E-state index in [2.05, 4.69) is 15.5 Å². The van der Waals surface area contributed by atoms with E-state index in [9.17, 15) is 9.59 Å². The predicted octanol–water partition coefficient (Wildman–Crippen LogP) is 3.39. The van der Waals surface area contributed by atoms with Crippen molar-refractivity contribution in [3.8, 4) is 5.75 Å². The van der Waals surface area contributed by atoms with Gasteiger partial charge < -0.3 is 20.3 Å². The van der Waals surface area contributed by atoms with Crippen LogP contribution in [0.4, 0.5) is 11.4 Å². The lowest BCUT2D eigenvalue weighted by atomic mass is 9.99. The molecule has 2 heterocycles. The maximum atomic E-state index is 12.8. The normalized spacial score (nSPS) is 13.3. The van der Waals surface area contributed by atoms with E-state index in [0.29, 0.717) is 36.0 Å². The van der Waals surface area contributed by atoms with E-state index in [0.717, 1.165) is 27.8 Å². The number of nitrogens with one attached hydrogen (secondary N) is 2. The summed E-state index contributed by atoms with van der Waals surface area (Å²) in [5, 5.41) is 7.72. The van der Waals surface area contributed by atoms with E-state index in [1.807, 2.05) is 24.3 Å². The van der Waals surface area contributed by atoms with Crippen LogP contribution in [0.1, 0.15) is 11.3 Å². The van der Waals surface area contributed by atoms with Crippen molar-refractivity contribution < 1.29 is 14.3 Å². The number of likely N-dealkylation sites (N-methyl/N-ethyl adjacent to an activating group) is 1. The van der Waals surface area contributed by atoms with Gasteiger partial charge in [-0.2, -0.15) is 0 Å². The highest BCUT2D eigenvalue weighted by Crippen LogP contribution is 2.32. The third-order valence-electron chi connectivity index (χ3n) is 5.84. The fraction of sp³-hybridized carbons (Fsp3) is 0.320. The molecule has 1 aliphatic heterocycles. The van der Waals surface area contributed by atoms with Gasteiger partial charge in [0.25, 0.3) is 0 Å². The first-order chi connectivity index (χ1) is 16.4. The van der Waals surface area contributed by atoms with Crippen molar-refractivity contribution in [1.82, 2.24) is 14.8 Å². The molecule has 0 atom stereocenters. The Morgan fingerprint density at radius 2 is 2.00 bits per heavy atom. The molecule has 0 aliphatic carbocycles. The summed E-state index contributed by atoms with van der Waals surface area (Å²) >= 11 is 6.08. The van der Waals surface area contributed by atoms with E-state index in [1.165, 1.54) is 0 Å². The number of carbonyl (C=O) groups is 2. The zero-order valence-electron chi connectivity index (χ0n) is 19.5. The molecule has 0 fully saturated rings. The van der Waals surface area contributed by atoms with Crippen LogP contribution in [0.25, 0.3) is 10.9 Å². The lowest BCUT2D eigenvalue weighted by molar-refractivity contribution is -0.126. The number of anilines is 2. The van der Waals surface area contributed by atoms with Crippen molar-refractivity contribution in [2.24, 2.45) is 0 Å². The maximum Gasteiger partial charge on any atom is 0.241 e.